The third kappa shape index (κ3) is 5.35. The molecule has 0 aromatic heterocycles. The normalized spacial score (nSPS) is 16.8. The molecule has 1 aliphatic rings. The number of anilines is 2. The van der Waals surface area contributed by atoms with Crippen LogP contribution < -0.4 is 14.5 Å². The van der Waals surface area contributed by atoms with Gasteiger partial charge < -0.3 is 14.7 Å². The van der Waals surface area contributed by atoms with Crippen LogP contribution >= 0.6 is 11.6 Å². The fourth-order valence-electron chi connectivity index (χ4n) is 4.58. The summed E-state index contributed by atoms with van der Waals surface area (Å²) >= 11 is 6.09. The lowest BCUT2D eigenvalue weighted by Crippen LogP contribution is -2.29. The molecule has 1 atom stereocenters. The molecule has 0 radical (unpaired) electrons. The van der Waals surface area contributed by atoms with Gasteiger partial charge in [-0.05, 0) is 74.4 Å². The lowest BCUT2D eigenvalue weighted by Gasteiger charge is -2.27. The largest absolute Gasteiger partial charge is 0.507 e. The van der Waals surface area contributed by atoms with Gasteiger partial charge in [0.05, 0.1) is 18.2 Å². The molecule has 3 aromatic rings. The molecule has 0 spiro atoms. The second-order valence-electron chi connectivity index (χ2n) is 8.79. The summed E-state index contributed by atoms with van der Waals surface area (Å²) < 4.78 is 5.71. The molecule has 7 heteroatoms. The average molecular weight is 519 g/mol. The number of aliphatic hydroxyl groups is 1. The van der Waals surface area contributed by atoms with E-state index in [2.05, 4.69) is 18.7 Å². The first-order valence-corrected chi connectivity index (χ1v) is 12.9. The topological polar surface area (TPSA) is 70.1 Å². The molecule has 3 aromatic carbocycles. The van der Waals surface area contributed by atoms with E-state index in [9.17, 15) is 14.7 Å². The van der Waals surface area contributed by atoms with Crippen molar-refractivity contribution in [3.05, 3.63) is 94.5 Å². The van der Waals surface area contributed by atoms with Crippen molar-refractivity contribution in [2.24, 2.45) is 0 Å². The molecule has 0 aliphatic carbocycles. The maximum atomic E-state index is 13.4. The number of Topliss-reactive ketones (excluding diaryl/α,β-unsaturated/α-hetero) is 1. The molecular formula is C30H31ClN2O4. The Kier molecular flexibility index (Phi) is 8.19. The highest BCUT2D eigenvalue weighted by Crippen LogP contribution is 2.43. The Morgan fingerprint density at radius 1 is 0.973 bits per heavy atom. The van der Waals surface area contributed by atoms with Crippen molar-refractivity contribution >= 4 is 40.4 Å². The predicted octanol–water partition coefficient (Wildman–Crippen LogP) is 6.60. The van der Waals surface area contributed by atoms with Crippen molar-refractivity contribution in [1.82, 2.24) is 0 Å². The van der Waals surface area contributed by atoms with E-state index < -0.39 is 17.7 Å². The lowest BCUT2D eigenvalue weighted by molar-refractivity contribution is -0.132. The molecule has 1 saturated heterocycles. The number of carbonyl (C=O) groups is 2. The molecule has 1 heterocycles. The van der Waals surface area contributed by atoms with E-state index in [0.29, 0.717) is 34.2 Å². The summed E-state index contributed by atoms with van der Waals surface area (Å²) in [6.07, 6.45) is 0.839. The predicted molar refractivity (Wildman–Crippen MR) is 148 cm³/mol. The van der Waals surface area contributed by atoms with Crippen molar-refractivity contribution in [3.63, 3.8) is 0 Å². The van der Waals surface area contributed by atoms with Gasteiger partial charge in [0.25, 0.3) is 11.7 Å². The Morgan fingerprint density at radius 3 is 2.27 bits per heavy atom. The summed E-state index contributed by atoms with van der Waals surface area (Å²) in [6.45, 7) is 8.43. The van der Waals surface area contributed by atoms with Crippen LogP contribution in [0.4, 0.5) is 11.4 Å². The second-order valence-corrected chi connectivity index (χ2v) is 9.22. The van der Waals surface area contributed by atoms with E-state index in [0.717, 1.165) is 25.2 Å². The van der Waals surface area contributed by atoms with Crippen molar-refractivity contribution in [3.8, 4) is 5.75 Å². The summed E-state index contributed by atoms with van der Waals surface area (Å²) in [5.41, 5.74) is 2.71. The van der Waals surface area contributed by atoms with Gasteiger partial charge in [-0.15, -0.1) is 0 Å². The third-order valence-corrected chi connectivity index (χ3v) is 6.72. The number of aliphatic hydroxyl groups excluding tert-OH is 1. The minimum absolute atomic E-state index is 0.0307. The second kappa shape index (κ2) is 11.5. The number of rotatable bonds is 9. The van der Waals surface area contributed by atoms with Crippen molar-refractivity contribution < 1.29 is 19.4 Å². The molecule has 4 rings (SSSR count). The van der Waals surface area contributed by atoms with E-state index in [4.69, 9.17) is 16.3 Å². The Balaban J connectivity index is 1.86. The molecule has 0 bridgehead atoms. The molecule has 1 N–H and O–H groups in total. The molecular weight excluding hydrogens is 488 g/mol. The Morgan fingerprint density at radius 2 is 1.65 bits per heavy atom. The first-order valence-electron chi connectivity index (χ1n) is 12.5. The molecule has 1 fully saturated rings. The number of benzene rings is 3. The van der Waals surface area contributed by atoms with Crippen LogP contribution in [-0.2, 0) is 9.59 Å². The summed E-state index contributed by atoms with van der Waals surface area (Å²) in [5.74, 6) is -1.11. The van der Waals surface area contributed by atoms with Gasteiger partial charge in [-0.2, -0.15) is 0 Å². The van der Waals surface area contributed by atoms with Gasteiger partial charge in [0.2, 0.25) is 0 Å². The fraction of sp³-hybridized carbons (Fsp3) is 0.267. The number of amides is 1. The first-order chi connectivity index (χ1) is 17.9. The standard InChI is InChI=1S/C30H31ClN2O4/c1-4-18-37-25-9-7-8-21(19-25)28(34)26-27(20-10-14-23(15-11-20)32(5-2)6-3)33(30(36)29(26)35)24-16-12-22(31)13-17-24/h7-17,19,27,34H,4-6,18H2,1-3H3/b28-26-. The van der Waals surface area contributed by atoms with E-state index in [-0.39, 0.29) is 11.3 Å². The maximum Gasteiger partial charge on any atom is 0.300 e. The summed E-state index contributed by atoms with van der Waals surface area (Å²) in [7, 11) is 0. The van der Waals surface area contributed by atoms with Crippen LogP contribution in [0.3, 0.4) is 0 Å². The highest BCUT2D eigenvalue weighted by Gasteiger charge is 2.47. The summed E-state index contributed by atoms with van der Waals surface area (Å²) in [4.78, 5) is 30.4. The van der Waals surface area contributed by atoms with Crippen LogP contribution in [0.2, 0.25) is 5.02 Å². The Labute approximate surface area is 222 Å². The molecule has 1 unspecified atom stereocenters. The zero-order valence-electron chi connectivity index (χ0n) is 21.3. The van der Waals surface area contributed by atoms with E-state index in [1.165, 1.54) is 4.90 Å². The first kappa shape index (κ1) is 26.3. The van der Waals surface area contributed by atoms with Gasteiger partial charge in [-0.3, -0.25) is 14.5 Å². The molecule has 37 heavy (non-hydrogen) atoms. The highest BCUT2D eigenvalue weighted by molar-refractivity contribution is 6.51. The summed E-state index contributed by atoms with van der Waals surface area (Å²) in [6, 6.07) is 20.6. The summed E-state index contributed by atoms with van der Waals surface area (Å²) in [5, 5.41) is 11.9. The van der Waals surface area contributed by atoms with Gasteiger partial charge in [0.15, 0.2) is 0 Å². The van der Waals surface area contributed by atoms with E-state index in [1.807, 2.05) is 31.2 Å². The van der Waals surface area contributed by atoms with Crippen LogP contribution in [0.1, 0.15) is 44.4 Å². The SMILES string of the molecule is CCCOc1cccc(/C(O)=C2/C(=O)C(=O)N(c3ccc(Cl)cc3)C2c2ccc(N(CC)CC)cc2)c1. The smallest absolute Gasteiger partial charge is 0.300 e. The molecule has 0 saturated carbocycles. The monoisotopic (exact) mass is 518 g/mol. The number of ether oxygens (including phenoxy) is 1. The number of ketones is 1. The number of halogens is 1. The highest BCUT2D eigenvalue weighted by atomic mass is 35.5. The lowest BCUT2D eigenvalue weighted by atomic mass is 9.94. The van der Waals surface area contributed by atoms with Crippen molar-refractivity contribution in [2.45, 2.75) is 33.2 Å². The average Bonchev–Trinajstić information content (AvgIpc) is 3.19. The van der Waals surface area contributed by atoms with Crippen LogP contribution in [0, 0.1) is 0 Å². The van der Waals surface area contributed by atoms with Gasteiger partial charge in [-0.25, -0.2) is 0 Å². The van der Waals surface area contributed by atoms with Gasteiger partial charge in [-0.1, -0.05) is 42.8 Å². The zero-order valence-corrected chi connectivity index (χ0v) is 22.0. The number of carbonyl (C=O) groups excluding carboxylic acids is 2. The molecule has 192 valence electrons. The molecule has 1 amide bonds. The quantitative estimate of drug-likeness (QED) is 0.196. The minimum Gasteiger partial charge on any atom is -0.507 e. The van der Waals surface area contributed by atoms with Crippen molar-refractivity contribution in [2.75, 3.05) is 29.5 Å². The van der Waals surface area contributed by atoms with Gasteiger partial charge in [0.1, 0.15) is 11.5 Å². The van der Waals surface area contributed by atoms with Crippen molar-refractivity contribution in [1.29, 1.82) is 0 Å². The van der Waals surface area contributed by atoms with E-state index >= 15 is 0 Å². The van der Waals surface area contributed by atoms with Gasteiger partial charge >= 0.3 is 0 Å². The zero-order chi connectivity index (χ0) is 26.5. The maximum absolute atomic E-state index is 13.4. The molecule has 1 aliphatic heterocycles. The minimum atomic E-state index is -0.813. The van der Waals surface area contributed by atoms with E-state index in [1.54, 1.807) is 48.5 Å². The van der Waals surface area contributed by atoms with Crippen LogP contribution in [0.5, 0.6) is 5.75 Å². The third-order valence-electron chi connectivity index (χ3n) is 6.47. The molecule has 6 nitrogen and oxygen atoms in total. The van der Waals surface area contributed by atoms with Crippen LogP contribution in [0.25, 0.3) is 5.76 Å². The number of hydrogen-bond acceptors (Lipinski definition) is 5. The Bertz CT molecular complexity index is 1300. The van der Waals surface area contributed by atoms with Crippen LogP contribution in [0.15, 0.2) is 78.4 Å². The van der Waals surface area contributed by atoms with Crippen LogP contribution in [-0.4, -0.2) is 36.5 Å². The Hall–Kier alpha value is -3.77. The van der Waals surface area contributed by atoms with Gasteiger partial charge in [0, 0.05) is 35.1 Å². The fourth-order valence-corrected chi connectivity index (χ4v) is 4.71. The number of hydrogen-bond donors (Lipinski definition) is 1. The number of nitrogens with zero attached hydrogens (tertiary/aromatic N) is 2.